The van der Waals surface area contributed by atoms with Crippen molar-refractivity contribution in [2.75, 3.05) is 0 Å². The maximum Gasteiger partial charge on any atom is 0.0991 e. The SMILES string of the molecule is C=CC.Cc1ccccc1-c1ccc(C#N)cc1. The third-order valence-corrected chi connectivity index (χ3v) is 2.47. The summed E-state index contributed by atoms with van der Waals surface area (Å²) in [6, 6.07) is 18.0. The summed E-state index contributed by atoms with van der Waals surface area (Å²) < 4.78 is 0. The van der Waals surface area contributed by atoms with Crippen LogP contribution in [0.25, 0.3) is 11.1 Å². The Morgan fingerprint density at radius 3 is 2.11 bits per heavy atom. The van der Waals surface area contributed by atoms with Crippen molar-refractivity contribution in [2.45, 2.75) is 13.8 Å². The highest BCUT2D eigenvalue weighted by molar-refractivity contribution is 5.67. The van der Waals surface area contributed by atoms with Crippen LogP contribution in [-0.2, 0) is 0 Å². The van der Waals surface area contributed by atoms with E-state index in [9.17, 15) is 0 Å². The molecule has 1 nitrogen and oxygen atoms in total. The molecular weight excluding hydrogens is 218 g/mol. The quantitative estimate of drug-likeness (QED) is 0.656. The minimum atomic E-state index is 0.701. The van der Waals surface area contributed by atoms with Gasteiger partial charge in [-0.1, -0.05) is 42.5 Å². The lowest BCUT2D eigenvalue weighted by Crippen LogP contribution is -1.82. The van der Waals surface area contributed by atoms with E-state index >= 15 is 0 Å². The van der Waals surface area contributed by atoms with E-state index in [4.69, 9.17) is 5.26 Å². The van der Waals surface area contributed by atoms with Crippen LogP contribution >= 0.6 is 0 Å². The molecule has 0 heterocycles. The zero-order valence-electron chi connectivity index (χ0n) is 10.9. The average molecular weight is 235 g/mol. The van der Waals surface area contributed by atoms with Crippen LogP contribution in [-0.4, -0.2) is 0 Å². The van der Waals surface area contributed by atoms with E-state index in [1.54, 1.807) is 6.08 Å². The fraction of sp³-hybridized carbons (Fsp3) is 0.118. The fourth-order valence-electron chi connectivity index (χ4n) is 1.62. The smallest absolute Gasteiger partial charge is 0.0991 e. The van der Waals surface area contributed by atoms with Gasteiger partial charge in [-0.3, -0.25) is 0 Å². The number of benzene rings is 2. The highest BCUT2D eigenvalue weighted by atomic mass is 14.2. The molecule has 0 aliphatic carbocycles. The average Bonchev–Trinajstić information content (AvgIpc) is 2.40. The second-order valence-corrected chi connectivity index (χ2v) is 3.91. The number of nitriles is 1. The Hall–Kier alpha value is -2.33. The molecule has 18 heavy (non-hydrogen) atoms. The van der Waals surface area contributed by atoms with Gasteiger partial charge in [-0.2, -0.15) is 5.26 Å². The zero-order chi connectivity index (χ0) is 13.4. The normalized spacial score (nSPS) is 8.72. The van der Waals surface area contributed by atoms with Gasteiger partial charge in [0, 0.05) is 0 Å². The van der Waals surface area contributed by atoms with E-state index in [0.29, 0.717) is 5.56 Å². The largest absolute Gasteiger partial charge is 0.192 e. The summed E-state index contributed by atoms with van der Waals surface area (Å²) in [5.41, 5.74) is 4.34. The van der Waals surface area contributed by atoms with Gasteiger partial charge in [0.25, 0.3) is 0 Å². The first-order valence-electron chi connectivity index (χ1n) is 5.86. The Morgan fingerprint density at radius 2 is 1.61 bits per heavy atom. The maximum atomic E-state index is 8.70. The van der Waals surface area contributed by atoms with Crippen molar-refractivity contribution < 1.29 is 0 Å². The van der Waals surface area contributed by atoms with Crippen molar-refractivity contribution in [2.24, 2.45) is 0 Å². The van der Waals surface area contributed by atoms with E-state index in [2.05, 4.69) is 31.7 Å². The van der Waals surface area contributed by atoms with Crippen molar-refractivity contribution in [3.8, 4) is 17.2 Å². The number of aryl methyl sites for hydroxylation is 1. The monoisotopic (exact) mass is 235 g/mol. The van der Waals surface area contributed by atoms with E-state index in [-0.39, 0.29) is 0 Å². The van der Waals surface area contributed by atoms with Crippen molar-refractivity contribution in [3.63, 3.8) is 0 Å². The van der Waals surface area contributed by atoms with Gasteiger partial charge >= 0.3 is 0 Å². The van der Waals surface area contributed by atoms with Crippen LogP contribution < -0.4 is 0 Å². The molecule has 0 aliphatic rings. The number of hydrogen-bond donors (Lipinski definition) is 0. The highest BCUT2D eigenvalue weighted by Crippen LogP contribution is 2.22. The number of nitrogens with zero attached hydrogens (tertiary/aromatic N) is 1. The van der Waals surface area contributed by atoms with Gasteiger partial charge < -0.3 is 0 Å². The van der Waals surface area contributed by atoms with Crippen LogP contribution in [0.4, 0.5) is 0 Å². The number of allylic oxidation sites excluding steroid dienone is 1. The first kappa shape index (κ1) is 13.7. The summed E-state index contributed by atoms with van der Waals surface area (Å²) in [6.45, 7) is 7.34. The van der Waals surface area contributed by atoms with Crippen molar-refractivity contribution in [3.05, 3.63) is 72.3 Å². The summed E-state index contributed by atoms with van der Waals surface area (Å²) in [5.74, 6) is 0. The number of rotatable bonds is 1. The van der Waals surface area contributed by atoms with Gasteiger partial charge in [0.2, 0.25) is 0 Å². The van der Waals surface area contributed by atoms with E-state index in [0.717, 1.165) is 5.56 Å². The van der Waals surface area contributed by atoms with Crippen molar-refractivity contribution in [1.29, 1.82) is 5.26 Å². The van der Waals surface area contributed by atoms with Crippen LogP contribution in [0.3, 0.4) is 0 Å². The molecule has 0 atom stereocenters. The molecule has 2 aromatic rings. The van der Waals surface area contributed by atoms with E-state index in [1.165, 1.54) is 11.1 Å². The molecule has 2 rings (SSSR count). The molecule has 90 valence electrons. The Balaban J connectivity index is 0.000000492. The topological polar surface area (TPSA) is 23.8 Å². The summed E-state index contributed by atoms with van der Waals surface area (Å²) in [5, 5.41) is 8.70. The molecule has 1 heteroatoms. The second-order valence-electron chi connectivity index (χ2n) is 3.91. The predicted octanol–water partition coefficient (Wildman–Crippen LogP) is 4.73. The molecule has 0 saturated heterocycles. The zero-order valence-corrected chi connectivity index (χ0v) is 10.9. The van der Waals surface area contributed by atoms with Gasteiger partial charge in [-0.15, -0.1) is 6.58 Å². The van der Waals surface area contributed by atoms with Crippen LogP contribution in [0.1, 0.15) is 18.1 Å². The molecule has 0 radical (unpaired) electrons. The lowest BCUT2D eigenvalue weighted by Gasteiger charge is -2.04. The van der Waals surface area contributed by atoms with Gasteiger partial charge in [-0.05, 0) is 42.7 Å². The summed E-state index contributed by atoms with van der Waals surface area (Å²) in [6.07, 6.45) is 1.75. The molecule has 0 fully saturated rings. The third kappa shape index (κ3) is 3.61. The van der Waals surface area contributed by atoms with Crippen molar-refractivity contribution in [1.82, 2.24) is 0 Å². The molecular formula is C17H17N. The lowest BCUT2D eigenvalue weighted by atomic mass is 10.00. The van der Waals surface area contributed by atoms with E-state index < -0.39 is 0 Å². The minimum Gasteiger partial charge on any atom is -0.192 e. The standard InChI is InChI=1S/C14H11N.C3H6/c1-11-4-2-3-5-14(11)13-8-6-12(10-15)7-9-13;1-3-2/h2-9H,1H3;3H,1H2,2H3. The Bertz CT molecular complexity index is 545. The molecule has 0 spiro atoms. The Labute approximate surface area is 109 Å². The highest BCUT2D eigenvalue weighted by Gasteiger charge is 2.00. The molecule has 2 aromatic carbocycles. The Kier molecular flexibility index (Phi) is 5.41. The van der Waals surface area contributed by atoms with Crippen LogP contribution in [0.5, 0.6) is 0 Å². The van der Waals surface area contributed by atoms with Gasteiger partial charge in [-0.25, -0.2) is 0 Å². The lowest BCUT2D eigenvalue weighted by molar-refractivity contribution is 1.45. The summed E-state index contributed by atoms with van der Waals surface area (Å²) >= 11 is 0. The van der Waals surface area contributed by atoms with E-state index in [1.807, 2.05) is 43.3 Å². The molecule has 0 aliphatic heterocycles. The van der Waals surface area contributed by atoms with Gasteiger partial charge in [0.1, 0.15) is 0 Å². The Morgan fingerprint density at radius 1 is 1.06 bits per heavy atom. The second kappa shape index (κ2) is 7.09. The molecule has 0 unspecified atom stereocenters. The van der Waals surface area contributed by atoms with Crippen LogP contribution in [0.2, 0.25) is 0 Å². The van der Waals surface area contributed by atoms with Gasteiger partial charge in [0.05, 0.1) is 11.6 Å². The molecule has 0 bridgehead atoms. The van der Waals surface area contributed by atoms with Gasteiger partial charge in [0.15, 0.2) is 0 Å². The third-order valence-electron chi connectivity index (χ3n) is 2.47. The summed E-state index contributed by atoms with van der Waals surface area (Å²) in [4.78, 5) is 0. The minimum absolute atomic E-state index is 0.701. The summed E-state index contributed by atoms with van der Waals surface area (Å²) in [7, 11) is 0. The molecule has 0 saturated carbocycles. The first-order valence-corrected chi connectivity index (χ1v) is 5.86. The maximum absolute atomic E-state index is 8.70. The number of hydrogen-bond acceptors (Lipinski definition) is 1. The van der Waals surface area contributed by atoms with Crippen LogP contribution in [0.15, 0.2) is 61.2 Å². The molecule has 0 amide bonds. The molecule has 0 aromatic heterocycles. The molecule has 0 N–H and O–H groups in total. The predicted molar refractivity (Wildman–Crippen MR) is 77.2 cm³/mol. The first-order chi connectivity index (χ1) is 8.72. The van der Waals surface area contributed by atoms with Crippen molar-refractivity contribution >= 4 is 0 Å². The van der Waals surface area contributed by atoms with Crippen LogP contribution in [0, 0.1) is 18.3 Å². The fourth-order valence-corrected chi connectivity index (χ4v) is 1.62.